The van der Waals surface area contributed by atoms with Crippen LogP contribution in [0, 0.1) is 0 Å². The topological polar surface area (TPSA) is 99.9 Å². The second-order valence-corrected chi connectivity index (χ2v) is 11.0. The van der Waals surface area contributed by atoms with Gasteiger partial charge in [0.2, 0.25) is 5.16 Å². The van der Waals surface area contributed by atoms with Gasteiger partial charge in [-0.3, -0.25) is 0 Å². The molecule has 0 saturated carbocycles. The van der Waals surface area contributed by atoms with Gasteiger partial charge in [0.25, 0.3) is 0 Å². The Kier molecular flexibility index (Phi) is 5.37. The van der Waals surface area contributed by atoms with Crippen molar-refractivity contribution in [3.8, 4) is 17.2 Å². The van der Waals surface area contributed by atoms with Gasteiger partial charge < -0.3 is 4.74 Å². The molecule has 5 rings (SSSR count). The highest BCUT2D eigenvalue weighted by molar-refractivity contribution is 8.01. The third kappa shape index (κ3) is 4.35. The fraction of sp³-hybridized carbons (Fsp3) is 0.0476. The molecular weight excluding hydrogens is 466 g/mol. The van der Waals surface area contributed by atoms with E-state index >= 15 is 0 Å². The van der Waals surface area contributed by atoms with Gasteiger partial charge in [-0.25, -0.2) is 13.4 Å². The molecule has 5 aromatic rings. The van der Waals surface area contributed by atoms with Gasteiger partial charge in [0.1, 0.15) is 11.5 Å². The molecule has 32 heavy (non-hydrogen) atoms. The van der Waals surface area contributed by atoms with E-state index in [9.17, 15) is 8.42 Å². The molecule has 0 spiro atoms. The van der Waals surface area contributed by atoms with E-state index in [0.717, 1.165) is 21.7 Å². The fourth-order valence-electron chi connectivity index (χ4n) is 2.92. The summed E-state index contributed by atoms with van der Waals surface area (Å²) >= 11 is 2.71. The van der Waals surface area contributed by atoms with Crippen LogP contribution in [-0.4, -0.2) is 39.9 Å². The summed E-state index contributed by atoms with van der Waals surface area (Å²) in [6, 6.07) is 21.9. The van der Waals surface area contributed by atoms with Crippen molar-refractivity contribution in [3.63, 3.8) is 0 Å². The first-order valence-electron chi connectivity index (χ1n) is 9.36. The average molecular weight is 482 g/mol. The van der Waals surface area contributed by atoms with Crippen LogP contribution in [0.25, 0.3) is 15.9 Å². The molecule has 0 fully saturated rings. The van der Waals surface area contributed by atoms with E-state index in [2.05, 4.69) is 20.5 Å². The molecule has 0 aliphatic rings. The number of hydrogen-bond acceptors (Lipinski definition) is 9. The second-order valence-electron chi connectivity index (χ2n) is 6.77. The van der Waals surface area contributed by atoms with Gasteiger partial charge in [-0.2, -0.15) is 4.68 Å². The van der Waals surface area contributed by atoms with Crippen LogP contribution in [0.1, 0.15) is 0 Å². The molecule has 0 saturated heterocycles. The van der Waals surface area contributed by atoms with E-state index in [-0.39, 0.29) is 4.90 Å². The zero-order valence-corrected chi connectivity index (χ0v) is 19.1. The van der Waals surface area contributed by atoms with Crippen LogP contribution in [0.2, 0.25) is 0 Å². The smallest absolute Gasteiger partial charge is 0.221 e. The third-order valence-corrected chi connectivity index (χ3v) is 7.57. The maximum atomic E-state index is 11.8. The normalized spacial score (nSPS) is 11.7. The summed E-state index contributed by atoms with van der Waals surface area (Å²) in [6.45, 7) is 0. The highest BCUT2D eigenvalue weighted by Gasteiger charge is 2.15. The molecular formula is C21H15N5O3S3. The van der Waals surface area contributed by atoms with Crippen LogP contribution in [0.15, 0.2) is 87.2 Å². The molecule has 11 heteroatoms. The number of fused-ring (bicyclic) bond motifs is 1. The minimum atomic E-state index is -3.28. The van der Waals surface area contributed by atoms with Gasteiger partial charge in [0.05, 0.1) is 20.8 Å². The van der Waals surface area contributed by atoms with E-state index in [0.29, 0.717) is 15.2 Å². The number of benzene rings is 3. The first-order chi connectivity index (χ1) is 15.5. The summed E-state index contributed by atoms with van der Waals surface area (Å²) in [5.41, 5.74) is 1.50. The minimum Gasteiger partial charge on any atom is -0.457 e. The molecule has 0 radical (unpaired) electrons. The van der Waals surface area contributed by atoms with Gasteiger partial charge in [-0.05, 0) is 76.8 Å². The number of tetrazole rings is 1. The quantitative estimate of drug-likeness (QED) is 0.346. The molecule has 2 aromatic heterocycles. The van der Waals surface area contributed by atoms with Crippen molar-refractivity contribution >= 4 is 43.2 Å². The van der Waals surface area contributed by atoms with Crippen LogP contribution in [-0.2, 0) is 9.84 Å². The highest BCUT2D eigenvalue weighted by atomic mass is 32.2. The van der Waals surface area contributed by atoms with E-state index in [4.69, 9.17) is 4.74 Å². The second kappa shape index (κ2) is 8.34. The Morgan fingerprint density at radius 2 is 1.72 bits per heavy atom. The standard InChI is InChI=1S/C21H15N5O3S3/c1-32(27,28)17-11-12-18-19(13-17)30-21(22-18)31-20-23-24-25-26(20)14-7-9-16(10-8-14)29-15-5-3-2-4-6-15/h2-13H,1H3. The van der Waals surface area contributed by atoms with E-state index in [1.165, 1.54) is 29.4 Å². The van der Waals surface area contributed by atoms with Crippen molar-refractivity contribution < 1.29 is 13.2 Å². The molecule has 160 valence electrons. The molecule has 0 unspecified atom stereocenters. The lowest BCUT2D eigenvalue weighted by Gasteiger charge is -2.07. The van der Waals surface area contributed by atoms with Gasteiger partial charge >= 0.3 is 0 Å². The zero-order chi connectivity index (χ0) is 22.1. The Labute approximate surface area is 191 Å². The molecule has 0 atom stereocenters. The Balaban J connectivity index is 1.38. The molecule has 0 amide bonds. The highest BCUT2D eigenvalue weighted by Crippen LogP contribution is 2.35. The monoisotopic (exact) mass is 481 g/mol. The first-order valence-corrected chi connectivity index (χ1v) is 12.9. The van der Waals surface area contributed by atoms with E-state index in [1.54, 1.807) is 22.9 Å². The summed E-state index contributed by atoms with van der Waals surface area (Å²) < 4.78 is 32.6. The third-order valence-electron chi connectivity index (χ3n) is 4.45. The number of nitrogens with zero attached hydrogens (tertiary/aromatic N) is 5. The van der Waals surface area contributed by atoms with E-state index < -0.39 is 9.84 Å². The maximum absolute atomic E-state index is 11.8. The van der Waals surface area contributed by atoms with Gasteiger partial charge in [-0.15, -0.1) is 16.4 Å². The van der Waals surface area contributed by atoms with Gasteiger partial charge in [0, 0.05) is 6.26 Å². The first kappa shape index (κ1) is 20.6. The SMILES string of the molecule is CS(=O)(=O)c1ccc2nc(Sc3nnnn3-c3ccc(Oc4ccccc4)cc3)sc2c1. The van der Waals surface area contributed by atoms with Crippen molar-refractivity contribution in [2.75, 3.05) is 6.26 Å². The van der Waals surface area contributed by atoms with Crippen molar-refractivity contribution in [1.82, 2.24) is 25.2 Å². The Morgan fingerprint density at radius 1 is 0.969 bits per heavy atom. The molecule has 0 N–H and O–H groups in total. The Hall–Kier alpha value is -3.28. The molecule has 0 aliphatic carbocycles. The van der Waals surface area contributed by atoms with Crippen LogP contribution in [0.4, 0.5) is 0 Å². The number of hydrogen-bond donors (Lipinski definition) is 0. The summed E-state index contributed by atoms with van der Waals surface area (Å²) in [4.78, 5) is 4.84. The number of para-hydroxylation sites is 1. The Morgan fingerprint density at radius 3 is 2.47 bits per heavy atom. The number of rotatable bonds is 6. The number of sulfone groups is 1. The maximum Gasteiger partial charge on any atom is 0.221 e. The Bertz CT molecular complexity index is 1500. The van der Waals surface area contributed by atoms with Crippen LogP contribution in [0.5, 0.6) is 11.5 Å². The van der Waals surface area contributed by atoms with Gasteiger partial charge in [-0.1, -0.05) is 18.2 Å². The summed E-state index contributed by atoms with van der Waals surface area (Å²) in [5, 5.41) is 12.5. The lowest BCUT2D eigenvalue weighted by molar-refractivity contribution is 0.482. The summed E-state index contributed by atoms with van der Waals surface area (Å²) in [7, 11) is -3.28. The number of ether oxygens (including phenoxy) is 1. The molecule has 0 bridgehead atoms. The molecule has 3 aromatic carbocycles. The average Bonchev–Trinajstić information content (AvgIpc) is 3.40. The van der Waals surface area contributed by atoms with Crippen LogP contribution < -0.4 is 4.74 Å². The van der Waals surface area contributed by atoms with Crippen molar-refractivity contribution in [2.24, 2.45) is 0 Å². The van der Waals surface area contributed by atoms with Gasteiger partial charge in [0.15, 0.2) is 14.2 Å². The number of aromatic nitrogens is 5. The molecule has 2 heterocycles. The van der Waals surface area contributed by atoms with Crippen molar-refractivity contribution in [2.45, 2.75) is 14.4 Å². The van der Waals surface area contributed by atoms with Crippen LogP contribution in [0.3, 0.4) is 0 Å². The van der Waals surface area contributed by atoms with Crippen molar-refractivity contribution in [1.29, 1.82) is 0 Å². The van der Waals surface area contributed by atoms with Crippen molar-refractivity contribution in [3.05, 3.63) is 72.8 Å². The zero-order valence-electron chi connectivity index (χ0n) is 16.6. The molecule has 0 aliphatic heterocycles. The minimum absolute atomic E-state index is 0.271. The summed E-state index contributed by atoms with van der Waals surface area (Å²) in [5.74, 6) is 1.46. The largest absolute Gasteiger partial charge is 0.457 e. The molecule has 8 nitrogen and oxygen atoms in total. The van der Waals surface area contributed by atoms with E-state index in [1.807, 2.05) is 54.6 Å². The fourth-order valence-corrected chi connectivity index (χ4v) is 5.64. The number of thiazole rings is 1. The van der Waals surface area contributed by atoms with Crippen LogP contribution >= 0.6 is 23.1 Å². The lowest BCUT2D eigenvalue weighted by atomic mass is 10.3. The predicted octanol–water partition coefficient (Wildman–Crippen LogP) is 4.62. The lowest BCUT2D eigenvalue weighted by Crippen LogP contribution is -1.98. The predicted molar refractivity (Wildman–Crippen MR) is 123 cm³/mol. The summed E-state index contributed by atoms with van der Waals surface area (Å²) in [6.07, 6.45) is 1.19.